The van der Waals surface area contributed by atoms with Gasteiger partial charge in [-0.25, -0.2) is 14.1 Å². The summed E-state index contributed by atoms with van der Waals surface area (Å²) in [5, 5.41) is 4.02. The largest absolute Gasteiger partial charge is 0.465 e. The zero-order valence-corrected chi connectivity index (χ0v) is 11.2. The molecule has 0 aliphatic rings. The van der Waals surface area contributed by atoms with E-state index >= 15 is 0 Å². The first-order chi connectivity index (χ1) is 8.60. The minimum atomic E-state index is -0.689. The minimum Gasteiger partial charge on any atom is -0.465 e. The maximum absolute atomic E-state index is 11.8. The lowest BCUT2D eigenvalue weighted by atomic mass is 10.2. The minimum absolute atomic E-state index is 0.0729. The molecule has 0 bridgehead atoms. The van der Waals surface area contributed by atoms with E-state index in [1.807, 2.05) is 0 Å². The van der Waals surface area contributed by atoms with Crippen LogP contribution in [0.15, 0.2) is 22.8 Å². The van der Waals surface area contributed by atoms with Gasteiger partial charge < -0.3 is 9.47 Å². The predicted molar refractivity (Wildman–Crippen MR) is 65.6 cm³/mol. The Labute approximate surface area is 111 Å². The number of rotatable bonds is 2. The lowest BCUT2D eigenvalue weighted by Gasteiger charge is -2.00. The SMILES string of the molecule is COC(=O)c1nn2cccc(Br)c2c1C(=O)OC. The lowest BCUT2D eigenvalue weighted by Crippen LogP contribution is -2.10. The van der Waals surface area contributed by atoms with E-state index in [1.54, 1.807) is 18.3 Å². The zero-order chi connectivity index (χ0) is 13.3. The number of nitrogens with zero attached hydrogens (tertiary/aromatic N) is 2. The Balaban J connectivity index is 2.82. The van der Waals surface area contributed by atoms with Crippen molar-refractivity contribution in [1.82, 2.24) is 9.61 Å². The van der Waals surface area contributed by atoms with Crippen LogP contribution in [0.1, 0.15) is 20.8 Å². The first-order valence-corrected chi connectivity index (χ1v) is 5.73. The van der Waals surface area contributed by atoms with Crippen LogP contribution in [-0.4, -0.2) is 35.8 Å². The van der Waals surface area contributed by atoms with Crippen LogP contribution in [0.4, 0.5) is 0 Å². The molecule has 0 radical (unpaired) electrons. The van der Waals surface area contributed by atoms with Gasteiger partial charge in [-0.05, 0) is 28.1 Å². The highest BCUT2D eigenvalue weighted by Crippen LogP contribution is 2.25. The van der Waals surface area contributed by atoms with Crippen LogP contribution in [0.3, 0.4) is 0 Å². The smallest absolute Gasteiger partial charge is 0.359 e. The fraction of sp³-hybridized carbons (Fsp3) is 0.182. The normalized spacial score (nSPS) is 10.4. The number of esters is 2. The lowest BCUT2D eigenvalue weighted by molar-refractivity contribution is 0.0553. The molecule has 6 nitrogen and oxygen atoms in total. The molecule has 0 aliphatic carbocycles. The monoisotopic (exact) mass is 312 g/mol. The zero-order valence-electron chi connectivity index (χ0n) is 9.64. The molecule has 0 spiro atoms. The van der Waals surface area contributed by atoms with E-state index in [-0.39, 0.29) is 11.3 Å². The molecule has 0 atom stereocenters. The van der Waals surface area contributed by atoms with Crippen LogP contribution in [0.25, 0.3) is 5.52 Å². The molecule has 2 rings (SSSR count). The third kappa shape index (κ3) is 1.86. The van der Waals surface area contributed by atoms with Gasteiger partial charge in [-0.2, -0.15) is 5.10 Å². The topological polar surface area (TPSA) is 69.9 Å². The maximum atomic E-state index is 11.8. The Morgan fingerprint density at radius 1 is 1.28 bits per heavy atom. The highest BCUT2D eigenvalue weighted by Gasteiger charge is 2.27. The van der Waals surface area contributed by atoms with Crippen molar-refractivity contribution in [2.45, 2.75) is 0 Å². The van der Waals surface area contributed by atoms with Crippen molar-refractivity contribution in [3.63, 3.8) is 0 Å². The highest BCUT2D eigenvalue weighted by molar-refractivity contribution is 9.10. The number of aromatic nitrogens is 2. The number of pyridine rings is 1. The summed E-state index contributed by atoms with van der Waals surface area (Å²) in [4.78, 5) is 23.4. The van der Waals surface area contributed by atoms with Crippen LogP contribution in [-0.2, 0) is 9.47 Å². The number of halogens is 1. The highest BCUT2D eigenvalue weighted by atomic mass is 79.9. The van der Waals surface area contributed by atoms with Crippen molar-refractivity contribution in [2.24, 2.45) is 0 Å². The number of methoxy groups -OCH3 is 2. The van der Waals surface area contributed by atoms with Crippen LogP contribution in [0.5, 0.6) is 0 Å². The van der Waals surface area contributed by atoms with Gasteiger partial charge in [-0.15, -0.1) is 0 Å². The molecular formula is C11H9BrN2O4. The second kappa shape index (κ2) is 4.77. The van der Waals surface area contributed by atoms with Crippen molar-refractivity contribution < 1.29 is 19.1 Å². The maximum Gasteiger partial charge on any atom is 0.359 e. The van der Waals surface area contributed by atoms with Gasteiger partial charge in [0.05, 0.1) is 19.7 Å². The third-order valence-electron chi connectivity index (χ3n) is 2.37. The Morgan fingerprint density at radius 3 is 2.56 bits per heavy atom. The molecule has 2 aromatic heterocycles. The molecule has 0 saturated carbocycles. The summed E-state index contributed by atoms with van der Waals surface area (Å²) in [6.45, 7) is 0. The Bertz CT molecular complexity index is 635. The van der Waals surface area contributed by atoms with Crippen molar-refractivity contribution in [3.05, 3.63) is 34.1 Å². The van der Waals surface area contributed by atoms with Gasteiger partial charge >= 0.3 is 11.9 Å². The first-order valence-electron chi connectivity index (χ1n) is 4.93. The first kappa shape index (κ1) is 12.6. The standard InChI is InChI=1S/C11H9BrN2O4/c1-17-10(15)7-8(11(16)18-2)13-14-5-3-4-6(12)9(7)14/h3-5H,1-2H3. The van der Waals surface area contributed by atoms with Crippen LogP contribution in [0.2, 0.25) is 0 Å². The van der Waals surface area contributed by atoms with Crippen molar-refractivity contribution in [1.29, 1.82) is 0 Å². The summed E-state index contributed by atoms with van der Waals surface area (Å²) in [6, 6.07) is 3.47. The van der Waals surface area contributed by atoms with Gasteiger partial charge in [0.2, 0.25) is 0 Å². The van der Waals surface area contributed by atoms with E-state index in [9.17, 15) is 9.59 Å². The summed E-state index contributed by atoms with van der Waals surface area (Å²) < 4.78 is 11.3. The summed E-state index contributed by atoms with van der Waals surface area (Å²) in [5.74, 6) is -1.33. The Morgan fingerprint density at radius 2 is 1.94 bits per heavy atom. The average molecular weight is 313 g/mol. The summed E-state index contributed by atoms with van der Waals surface area (Å²) in [5.41, 5.74) is 0.470. The molecule has 0 fully saturated rings. The molecule has 2 aromatic rings. The fourth-order valence-corrected chi connectivity index (χ4v) is 2.13. The quantitative estimate of drug-likeness (QED) is 0.789. The Hall–Kier alpha value is -1.89. The van der Waals surface area contributed by atoms with Crippen LogP contribution >= 0.6 is 15.9 Å². The molecule has 0 N–H and O–H groups in total. The third-order valence-corrected chi connectivity index (χ3v) is 3.01. The fourth-order valence-electron chi connectivity index (χ4n) is 1.59. The number of hydrogen-bond acceptors (Lipinski definition) is 5. The molecule has 2 heterocycles. The second-order valence-corrected chi connectivity index (χ2v) is 4.21. The molecule has 0 aliphatic heterocycles. The van der Waals surface area contributed by atoms with Gasteiger partial charge in [0.1, 0.15) is 5.56 Å². The van der Waals surface area contributed by atoms with Gasteiger partial charge in [0.15, 0.2) is 5.69 Å². The number of fused-ring (bicyclic) bond motifs is 1. The number of carbonyl (C=O) groups excluding carboxylic acids is 2. The van der Waals surface area contributed by atoms with Gasteiger partial charge in [0, 0.05) is 10.7 Å². The summed E-state index contributed by atoms with van der Waals surface area (Å²) in [7, 11) is 2.46. The summed E-state index contributed by atoms with van der Waals surface area (Å²) in [6.07, 6.45) is 1.62. The number of ether oxygens (including phenoxy) is 2. The molecular weight excluding hydrogens is 304 g/mol. The molecule has 0 aromatic carbocycles. The second-order valence-electron chi connectivity index (χ2n) is 3.36. The van der Waals surface area contributed by atoms with E-state index in [0.29, 0.717) is 9.99 Å². The molecule has 94 valence electrons. The average Bonchev–Trinajstić information content (AvgIpc) is 2.77. The van der Waals surface area contributed by atoms with Gasteiger partial charge in [-0.1, -0.05) is 0 Å². The molecule has 7 heteroatoms. The molecule has 0 amide bonds. The molecule has 0 unspecified atom stereocenters. The summed E-state index contributed by atoms with van der Waals surface area (Å²) >= 11 is 3.31. The van der Waals surface area contributed by atoms with E-state index in [2.05, 4.69) is 30.5 Å². The van der Waals surface area contributed by atoms with E-state index in [4.69, 9.17) is 0 Å². The van der Waals surface area contributed by atoms with Crippen molar-refractivity contribution >= 4 is 33.4 Å². The van der Waals surface area contributed by atoms with E-state index in [1.165, 1.54) is 18.7 Å². The van der Waals surface area contributed by atoms with Crippen molar-refractivity contribution in [2.75, 3.05) is 14.2 Å². The van der Waals surface area contributed by atoms with Crippen LogP contribution in [0, 0.1) is 0 Å². The molecule has 18 heavy (non-hydrogen) atoms. The van der Waals surface area contributed by atoms with Crippen LogP contribution < -0.4 is 0 Å². The van der Waals surface area contributed by atoms with E-state index in [0.717, 1.165) is 0 Å². The Kier molecular flexibility index (Phi) is 3.33. The van der Waals surface area contributed by atoms with E-state index < -0.39 is 11.9 Å². The predicted octanol–water partition coefficient (Wildman–Crippen LogP) is 1.67. The van der Waals surface area contributed by atoms with Gasteiger partial charge in [-0.3, -0.25) is 0 Å². The van der Waals surface area contributed by atoms with Gasteiger partial charge in [0.25, 0.3) is 0 Å². The number of carbonyl (C=O) groups is 2. The molecule has 0 saturated heterocycles. The van der Waals surface area contributed by atoms with Crippen molar-refractivity contribution in [3.8, 4) is 0 Å². The number of hydrogen-bond donors (Lipinski definition) is 0.